The highest BCUT2D eigenvalue weighted by Crippen LogP contribution is 2.31. The Morgan fingerprint density at radius 1 is 1.28 bits per heavy atom. The second kappa shape index (κ2) is 5.73. The molecule has 0 aliphatic rings. The molecule has 1 aromatic carbocycles. The van der Waals surface area contributed by atoms with Crippen LogP contribution >= 0.6 is 11.3 Å². The van der Waals surface area contributed by atoms with Gasteiger partial charge in [0.15, 0.2) is 11.6 Å². The van der Waals surface area contributed by atoms with E-state index in [0.717, 1.165) is 4.88 Å². The lowest BCUT2D eigenvalue weighted by atomic mass is 10.2. The first-order chi connectivity index (χ1) is 8.70. The van der Waals surface area contributed by atoms with Crippen molar-refractivity contribution < 1.29 is 13.9 Å². The molecule has 1 heterocycles. The number of nitrogens with two attached hydrogens (primary N) is 1. The van der Waals surface area contributed by atoms with E-state index in [-0.39, 0.29) is 11.4 Å². The number of hydrogen-bond acceptors (Lipinski definition) is 4. The average Bonchev–Trinajstić information content (AvgIpc) is 2.84. The van der Waals surface area contributed by atoms with E-state index in [0.29, 0.717) is 19.0 Å². The smallest absolute Gasteiger partial charge is 0.167 e. The van der Waals surface area contributed by atoms with Gasteiger partial charge in [-0.25, -0.2) is 4.39 Å². The number of hydrogen-bond donors (Lipinski definition) is 1. The van der Waals surface area contributed by atoms with E-state index in [1.165, 1.54) is 12.1 Å². The van der Waals surface area contributed by atoms with Crippen LogP contribution in [-0.4, -0.2) is 6.61 Å². The summed E-state index contributed by atoms with van der Waals surface area (Å²) in [6.07, 6.45) is 0. The van der Waals surface area contributed by atoms with E-state index in [4.69, 9.17) is 15.2 Å². The van der Waals surface area contributed by atoms with Gasteiger partial charge in [0.1, 0.15) is 12.4 Å². The molecule has 2 rings (SSSR count). The molecule has 0 atom stereocenters. The van der Waals surface area contributed by atoms with Gasteiger partial charge in [-0.05, 0) is 18.4 Å². The summed E-state index contributed by atoms with van der Waals surface area (Å²) in [5.74, 6) is 0.124. The zero-order chi connectivity index (χ0) is 13.0. The first kappa shape index (κ1) is 12.7. The van der Waals surface area contributed by atoms with Crippen LogP contribution in [-0.2, 0) is 6.61 Å². The van der Waals surface area contributed by atoms with Gasteiger partial charge in [-0.3, -0.25) is 0 Å². The van der Waals surface area contributed by atoms with Crippen molar-refractivity contribution in [1.82, 2.24) is 0 Å². The molecule has 0 bridgehead atoms. The zero-order valence-corrected chi connectivity index (χ0v) is 10.8. The van der Waals surface area contributed by atoms with Crippen molar-refractivity contribution in [3.05, 3.63) is 40.3 Å². The monoisotopic (exact) mass is 267 g/mol. The highest BCUT2D eigenvalue weighted by atomic mass is 32.1. The lowest BCUT2D eigenvalue weighted by Gasteiger charge is -2.11. The van der Waals surface area contributed by atoms with Gasteiger partial charge in [0.25, 0.3) is 0 Å². The highest BCUT2D eigenvalue weighted by Gasteiger charge is 2.10. The molecule has 2 N–H and O–H groups in total. The third-order valence-electron chi connectivity index (χ3n) is 2.31. The van der Waals surface area contributed by atoms with Crippen molar-refractivity contribution in [3.8, 4) is 11.5 Å². The van der Waals surface area contributed by atoms with Gasteiger partial charge < -0.3 is 15.2 Å². The van der Waals surface area contributed by atoms with Crippen molar-refractivity contribution >= 4 is 17.0 Å². The summed E-state index contributed by atoms with van der Waals surface area (Å²) in [6, 6.07) is 6.62. The maximum absolute atomic E-state index is 13.5. The van der Waals surface area contributed by atoms with Crippen LogP contribution < -0.4 is 15.2 Å². The van der Waals surface area contributed by atoms with Crippen molar-refractivity contribution in [3.63, 3.8) is 0 Å². The van der Waals surface area contributed by atoms with Crippen LogP contribution in [0.2, 0.25) is 0 Å². The largest absolute Gasteiger partial charge is 0.491 e. The van der Waals surface area contributed by atoms with E-state index in [1.807, 2.05) is 17.5 Å². The van der Waals surface area contributed by atoms with Crippen LogP contribution in [0.4, 0.5) is 10.1 Å². The Bertz CT molecular complexity index is 514. The quantitative estimate of drug-likeness (QED) is 0.844. The predicted octanol–water partition coefficient (Wildman–Crippen LogP) is 3.45. The maximum atomic E-state index is 13.5. The van der Waals surface area contributed by atoms with E-state index in [9.17, 15) is 4.39 Å². The molecule has 0 spiro atoms. The topological polar surface area (TPSA) is 44.5 Å². The molecule has 3 nitrogen and oxygen atoms in total. The number of rotatable bonds is 5. The summed E-state index contributed by atoms with van der Waals surface area (Å²) in [5, 5.41) is 1.97. The second-order valence-electron chi connectivity index (χ2n) is 3.62. The summed E-state index contributed by atoms with van der Waals surface area (Å²) in [4.78, 5) is 1.08. The van der Waals surface area contributed by atoms with Gasteiger partial charge in [-0.15, -0.1) is 11.3 Å². The first-order valence-electron chi connectivity index (χ1n) is 5.57. The Labute approximate surface area is 109 Å². The molecule has 5 heteroatoms. The Kier molecular flexibility index (Phi) is 4.04. The maximum Gasteiger partial charge on any atom is 0.167 e. The van der Waals surface area contributed by atoms with Crippen LogP contribution in [0.15, 0.2) is 29.6 Å². The number of benzene rings is 1. The third-order valence-corrected chi connectivity index (χ3v) is 3.16. The summed E-state index contributed by atoms with van der Waals surface area (Å²) >= 11 is 1.59. The molecule has 0 saturated carbocycles. The molecule has 0 aliphatic carbocycles. The van der Waals surface area contributed by atoms with E-state index in [1.54, 1.807) is 18.3 Å². The molecule has 0 radical (unpaired) electrons. The fourth-order valence-electron chi connectivity index (χ4n) is 1.48. The minimum Gasteiger partial charge on any atom is -0.491 e. The van der Waals surface area contributed by atoms with E-state index < -0.39 is 5.82 Å². The highest BCUT2D eigenvalue weighted by molar-refractivity contribution is 7.09. The number of halogens is 1. The molecular weight excluding hydrogens is 253 g/mol. The summed E-state index contributed by atoms with van der Waals surface area (Å²) in [6.45, 7) is 2.60. The molecule has 96 valence electrons. The van der Waals surface area contributed by atoms with E-state index >= 15 is 0 Å². The minimum atomic E-state index is -0.474. The van der Waals surface area contributed by atoms with Crippen molar-refractivity contribution in [2.75, 3.05) is 12.3 Å². The first-order valence-corrected chi connectivity index (χ1v) is 6.45. The third kappa shape index (κ3) is 2.92. The summed E-state index contributed by atoms with van der Waals surface area (Å²) < 4.78 is 24.2. The Morgan fingerprint density at radius 2 is 2.11 bits per heavy atom. The van der Waals surface area contributed by atoms with Gasteiger partial charge in [0.2, 0.25) is 0 Å². The Hall–Kier alpha value is -1.75. The number of nitrogen functional groups attached to an aromatic ring is 1. The normalized spacial score (nSPS) is 10.3. The van der Waals surface area contributed by atoms with E-state index in [2.05, 4.69) is 0 Å². The number of ether oxygens (including phenoxy) is 2. The average molecular weight is 267 g/mol. The van der Waals surface area contributed by atoms with Crippen molar-refractivity contribution in [2.45, 2.75) is 13.5 Å². The molecule has 0 fully saturated rings. The molecule has 0 unspecified atom stereocenters. The van der Waals surface area contributed by atoms with Crippen LogP contribution in [0, 0.1) is 5.82 Å². The number of thiophene rings is 1. The van der Waals surface area contributed by atoms with Gasteiger partial charge in [-0.1, -0.05) is 6.07 Å². The molecule has 0 aliphatic heterocycles. The SMILES string of the molecule is CCOc1cc(OCc2cccs2)c(N)cc1F. The molecular formula is C13H14FNO2S. The summed E-state index contributed by atoms with van der Waals surface area (Å²) in [5.41, 5.74) is 5.98. The minimum absolute atomic E-state index is 0.160. The predicted molar refractivity (Wildman–Crippen MR) is 70.6 cm³/mol. The number of anilines is 1. The lowest BCUT2D eigenvalue weighted by Crippen LogP contribution is -2.01. The molecule has 1 aromatic heterocycles. The van der Waals surface area contributed by atoms with Gasteiger partial charge in [-0.2, -0.15) is 0 Å². The van der Waals surface area contributed by atoms with Crippen LogP contribution in [0.25, 0.3) is 0 Å². The van der Waals surface area contributed by atoms with Crippen molar-refractivity contribution in [2.24, 2.45) is 0 Å². The molecule has 0 amide bonds. The van der Waals surface area contributed by atoms with Gasteiger partial charge in [0, 0.05) is 17.0 Å². The van der Waals surface area contributed by atoms with Gasteiger partial charge in [0.05, 0.1) is 12.3 Å². The second-order valence-corrected chi connectivity index (χ2v) is 4.65. The van der Waals surface area contributed by atoms with Crippen LogP contribution in [0.3, 0.4) is 0 Å². The Morgan fingerprint density at radius 3 is 2.78 bits per heavy atom. The molecule has 0 saturated heterocycles. The molecule has 2 aromatic rings. The van der Waals surface area contributed by atoms with Crippen LogP contribution in [0.1, 0.15) is 11.8 Å². The fourth-order valence-corrected chi connectivity index (χ4v) is 2.10. The summed E-state index contributed by atoms with van der Waals surface area (Å²) in [7, 11) is 0. The zero-order valence-electron chi connectivity index (χ0n) is 9.98. The standard InChI is InChI=1S/C13H14FNO2S/c1-2-16-12-7-13(11(15)6-10(12)14)17-8-9-4-3-5-18-9/h3-7H,2,8,15H2,1H3. The fraction of sp³-hybridized carbons (Fsp3) is 0.231. The Balaban J connectivity index is 2.13. The lowest BCUT2D eigenvalue weighted by molar-refractivity contribution is 0.297. The molecule has 18 heavy (non-hydrogen) atoms. The van der Waals surface area contributed by atoms with Gasteiger partial charge >= 0.3 is 0 Å². The van der Waals surface area contributed by atoms with Crippen molar-refractivity contribution in [1.29, 1.82) is 0 Å². The van der Waals surface area contributed by atoms with Crippen LogP contribution in [0.5, 0.6) is 11.5 Å².